The monoisotopic (exact) mass is 417 g/mol. The highest BCUT2D eigenvalue weighted by molar-refractivity contribution is 7.15. The lowest BCUT2D eigenvalue weighted by Gasteiger charge is -2.07. The summed E-state index contributed by atoms with van der Waals surface area (Å²) in [4.78, 5) is 5.77. The van der Waals surface area contributed by atoms with Crippen molar-refractivity contribution in [2.24, 2.45) is 5.10 Å². The molecule has 6 heteroatoms. The Morgan fingerprint density at radius 1 is 1.03 bits per heavy atom. The Labute approximate surface area is 178 Å². The lowest BCUT2D eigenvalue weighted by molar-refractivity contribution is 0.306. The Morgan fingerprint density at radius 2 is 1.83 bits per heavy atom. The maximum Gasteiger partial charge on any atom is 0.204 e. The van der Waals surface area contributed by atoms with Crippen LogP contribution in [0.5, 0.6) is 5.75 Å². The minimum absolute atomic E-state index is 0.254. The SMILES string of the molecule is Cc1sc(N/N=C/c2cccc(OCc3ccc(F)cc3)c2)nc1-c1ccccc1. The first-order valence-electron chi connectivity index (χ1n) is 9.46. The molecule has 0 aliphatic carbocycles. The molecule has 0 radical (unpaired) electrons. The molecule has 0 bridgehead atoms. The van der Waals surface area contributed by atoms with Gasteiger partial charge < -0.3 is 4.74 Å². The molecule has 1 N–H and O–H groups in total. The van der Waals surface area contributed by atoms with Gasteiger partial charge in [0.2, 0.25) is 5.13 Å². The number of rotatable bonds is 7. The van der Waals surface area contributed by atoms with Gasteiger partial charge in [-0.1, -0.05) is 54.6 Å². The van der Waals surface area contributed by atoms with Crippen molar-refractivity contribution < 1.29 is 9.13 Å². The Bertz CT molecular complexity index is 1140. The van der Waals surface area contributed by atoms with Crippen LogP contribution in [0.2, 0.25) is 0 Å². The lowest BCUT2D eigenvalue weighted by Crippen LogP contribution is -1.96. The Morgan fingerprint density at radius 3 is 2.63 bits per heavy atom. The van der Waals surface area contributed by atoms with E-state index in [9.17, 15) is 4.39 Å². The molecule has 0 aliphatic rings. The number of thiazole rings is 1. The van der Waals surface area contributed by atoms with Crippen molar-refractivity contribution in [1.29, 1.82) is 0 Å². The number of hydrazone groups is 1. The first-order chi connectivity index (χ1) is 14.7. The summed E-state index contributed by atoms with van der Waals surface area (Å²) < 4.78 is 18.8. The molecule has 0 saturated carbocycles. The minimum atomic E-state index is -0.254. The molecule has 4 rings (SSSR count). The molecule has 0 amide bonds. The number of aryl methyl sites for hydroxylation is 1. The smallest absolute Gasteiger partial charge is 0.204 e. The zero-order valence-electron chi connectivity index (χ0n) is 16.4. The summed E-state index contributed by atoms with van der Waals surface area (Å²) in [6.07, 6.45) is 1.73. The number of hydrogen-bond donors (Lipinski definition) is 1. The summed E-state index contributed by atoms with van der Waals surface area (Å²) in [5, 5.41) is 5.05. The van der Waals surface area contributed by atoms with E-state index in [0.717, 1.165) is 38.1 Å². The van der Waals surface area contributed by atoms with Gasteiger partial charge in [0.25, 0.3) is 0 Å². The molecule has 4 aromatic rings. The van der Waals surface area contributed by atoms with Crippen LogP contribution in [0.15, 0.2) is 84.0 Å². The van der Waals surface area contributed by atoms with Crippen molar-refractivity contribution in [3.63, 3.8) is 0 Å². The number of hydrogen-bond acceptors (Lipinski definition) is 5. The summed E-state index contributed by atoms with van der Waals surface area (Å²) in [6.45, 7) is 2.43. The highest BCUT2D eigenvalue weighted by Crippen LogP contribution is 2.30. The zero-order valence-corrected chi connectivity index (χ0v) is 17.2. The van der Waals surface area contributed by atoms with Crippen LogP contribution in [0.1, 0.15) is 16.0 Å². The molecule has 1 heterocycles. The van der Waals surface area contributed by atoms with E-state index in [1.165, 1.54) is 12.1 Å². The minimum Gasteiger partial charge on any atom is -0.489 e. The van der Waals surface area contributed by atoms with Crippen LogP contribution in [0.3, 0.4) is 0 Å². The van der Waals surface area contributed by atoms with Gasteiger partial charge in [-0.05, 0) is 42.3 Å². The van der Waals surface area contributed by atoms with Gasteiger partial charge in [0.05, 0.1) is 11.9 Å². The second kappa shape index (κ2) is 9.33. The first-order valence-corrected chi connectivity index (χ1v) is 10.3. The Kier molecular flexibility index (Phi) is 6.15. The second-order valence-electron chi connectivity index (χ2n) is 6.65. The average Bonchev–Trinajstić information content (AvgIpc) is 3.15. The van der Waals surface area contributed by atoms with E-state index in [-0.39, 0.29) is 5.82 Å². The molecule has 0 saturated heterocycles. The summed E-state index contributed by atoms with van der Waals surface area (Å²) >= 11 is 1.57. The van der Waals surface area contributed by atoms with E-state index >= 15 is 0 Å². The van der Waals surface area contributed by atoms with E-state index in [0.29, 0.717) is 6.61 Å². The van der Waals surface area contributed by atoms with Gasteiger partial charge in [-0.2, -0.15) is 5.10 Å². The first kappa shape index (κ1) is 19.8. The molecule has 0 aliphatic heterocycles. The van der Waals surface area contributed by atoms with Crippen molar-refractivity contribution in [1.82, 2.24) is 4.98 Å². The number of halogens is 1. The molecule has 3 aromatic carbocycles. The molecule has 150 valence electrons. The number of nitrogens with zero attached hydrogens (tertiary/aromatic N) is 2. The van der Waals surface area contributed by atoms with E-state index in [2.05, 4.69) is 22.4 Å². The summed E-state index contributed by atoms with van der Waals surface area (Å²) in [5.41, 5.74) is 6.87. The van der Waals surface area contributed by atoms with Gasteiger partial charge in [-0.3, -0.25) is 5.43 Å². The molecule has 30 heavy (non-hydrogen) atoms. The predicted molar refractivity (Wildman–Crippen MR) is 121 cm³/mol. The van der Waals surface area contributed by atoms with E-state index in [1.807, 2.05) is 54.6 Å². The van der Waals surface area contributed by atoms with E-state index < -0.39 is 0 Å². The molecular formula is C24H20FN3OS. The number of nitrogens with one attached hydrogen (secondary N) is 1. The summed E-state index contributed by atoms with van der Waals surface area (Å²) in [6, 6.07) is 24.0. The molecule has 0 unspecified atom stereocenters. The fourth-order valence-corrected chi connectivity index (χ4v) is 3.69. The van der Waals surface area contributed by atoms with Gasteiger partial charge in [0, 0.05) is 10.4 Å². The highest BCUT2D eigenvalue weighted by Gasteiger charge is 2.08. The van der Waals surface area contributed by atoms with Gasteiger partial charge >= 0.3 is 0 Å². The average molecular weight is 418 g/mol. The quantitative estimate of drug-likeness (QED) is 0.284. The van der Waals surface area contributed by atoms with E-state index in [1.54, 1.807) is 29.7 Å². The number of aromatic nitrogens is 1. The van der Waals surface area contributed by atoms with Gasteiger partial charge in [-0.15, -0.1) is 11.3 Å². The third-order valence-corrected chi connectivity index (χ3v) is 5.27. The molecule has 0 atom stereocenters. The normalized spacial score (nSPS) is 11.0. The highest BCUT2D eigenvalue weighted by atomic mass is 32.1. The maximum absolute atomic E-state index is 13.0. The van der Waals surface area contributed by atoms with Crippen molar-refractivity contribution in [2.45, 2.75) is 13.5 Å². The maximum atomic E-state index is 13.0. The van der Waals surface area contributed by atoms with Crippen LogP contribution in [-0.4, -0.2) is 11.2 Å². The van der Waals surface area contributed by atoms with Crippen molar-refractivity contribution in [3.8, 4) is 17.0 Å². The topological polar surface area (TPSA) is 46.5 Å². The largest absolute Gasteiger partial charge is 0.489 e. The van der Waals surface area contributed by atoms with Gasteiger partial charge in [0.1, 0.15) is 18.2 Å². The van der Waals surface area contributed by atoms with Gasteiger partial charge in [-0.25, -0.2) is 9.37 Å². The third kappa shape index (κ3) is 5.10. The molecular weight excluding hydrogens is 397 g/mol. The molecule has 0 spiro atoms. The molecule has 1 aromatic heterocycles. The summed E-state index contributed by atoms with van der Waals surface area (Å²) in [5.74, 6) is 0.468. The standard InChI is InChI=1S/C24H20FN3OS/c1-17-23(20-7-3-2-4-8-20)27-24(30-17)28-26-15-19-6-5-9-22(14-19)29-16-18-10-12-21(25)13-11-18/h2-15H,16H2,1H3,(H,27,28)/b26-15+. The molecule has 0 fully saturated rings. The van der Waals surface area contributed by atoms with Crippen LogP contribution < -0.4 is 10.2 Å². The second-order valence-corrected chi connectivity index (χ2v) is 7.85. The van der Waals surface area contributed by atoms with Crippen LogP contribution in [0.4, 0.5) is 9.52 Å². The van der Waals surface area contributed by atoms with Crippen LogP contribution in [0.25, 0.3) is 11.3 Å². The van der Waals surface area contributed by atoms with Crippen LogP contribution in [-0.2, 0) is 6.61 Å². The molecule has 4 nitrogen and oxygen atoms in total. The fraction of sp³-hybridized carbons (Fsp3) is 0.0833. The number of benzene rings is 3. The summed E-state index contributed by atoms with van der Waals surface area (Å²) in [7, 11) is 0. The predicted octanol–water partition coefficient (Wildman–Crippen LogP) is 6.28. The third-order valence-electron chi connectivity index (χ3n) is 4.39. The van der Waals surface area contributed by atoms with Gasteiger partial charge in [0.15, 0.2) is 0 Å². The van der Waals surface area contributed by atoms with Crippen molar-refractivity contribution in [2.75, 3.05) is 5.43 Å². The number of ether oxygens (including phenoxy) is 1. The fourth-order valence-electron chi connectivity index (χ4n) is 2.90. The zero-order chi connectivity index (χ0) is 20.8. The van der Waals surface area contributed by atoms with E-state index in [4.69, 9.17) is 4.74 Å². The van der Waals surface area contributed by atoms with Crippen LogP contribution in [0, 0.1) is 12.7 Å². The van der Waals surface area contributed by atoms with Crippen molar-refractivity contribution >= 4 is 22.7 Å². The Balaban J connectivity index is 1.38. The number of anilines is 1. The van der Waals surface area contributed by atoms with Crippen LogP contribution >= 0.6 is 11.3 Å². The lowest BCUT2D eigenvalue weighted by atomic mass is 10.1. The Hall–Kier alpha value is -3.51. The van der Waals surface area contributed by atoms with Crippen molar-refractivity contribution in [3.05, 3.63) is 101 Å².